The van der Waals surface area contributed by atoms with Crippen molar-refractivity contribution < 1.29 is 14.6 Å². The van der Waals surface area contributed by atoms with Gasteiger partial charge in [0.2, 0.25) is 0 Å². The van der Waals surface area contributed by atoms with Crippen LogP contribution in [0.15, 0.2) is 53.6 Å². The van der Waals surface area contributed by atoms with E-state index in [1.807, 2.05) is 24.3 Å². The van der Waals surface area contributed by atoms with E-state index < -0.39 is 5.97 Å². The zero-order valence-electron chi connectivity index (χ0n) is 13.0. The minimum absolute atomic E-state index is 0.248. The summed E-state index contributed by atoms with van der Waals surface area (Å²) in [5.74, 6) is -0.0888. The van der Waals surface area contributed by atoms with Gasteiger partial charge in [0.05, 0.1) is 24.1 Å². The molecule has 2 rings (SSSR count). The Balaban J connectivity index is 1.86. The fourth-order valence-electron chi connectivity index (χ4n) is 1.85. The van der Waals surface area contributed by atoms with Crippen molar-refractivity contribution >= 4 is 17.9 Å². The monoisotopic (exact) mass is 312 g/mol. The summed E-state index contributed by atoms with van der Waals surface area (Å²) in [7, 11) is 0. The number of ether oxygens (including phenoxy) is 1. The maximum Gasteiger partial charge on any atom is 0.335 e. The van der Waals surface area contributed by atoms with Gasteiger partial charge in [0.25, 0.3) is 0 Å². The molecule has 0 aromatic heterocycles. The summed E-state index contributed by atoms with van der Waals surface area (Å²) < 4.78 is 5.60. The third-order valence-electron chi connectivity index (χ3n) is 3.19. The fraction of sp³-hybridized carbons (Fsp3) is 0.222. The lowest BCUT2D eigenvalue weighted by Crippen LogP contribution is -1.97. The molecule has 0 aliphatic heterocycles. The van der Waals surface area contributed by atoms with Gasteiger partial charge in [-0.15, -0.1) is 0 Å². The summed E-state index contributed by atoms with van der Waals surface area (Å²) in [4.78, 5) is 10.8. The molecule has 0 aliphatic carbocycles. The predicted molar refractivity (Wildman–Crippen MR) is 91.5 cm³/mol. The highest BCUT2D eigenvalue weighted by molar-refractivity contribution is 5.88. The van der Waals surface area contributed by atoms with Crippen molar-refractivity contribution in [3.05, 3.63) is 59.7 Å². The van der Waals surface area contributed by atoms with Crippen LogP contribution in [-0.2, 0) is 0 Å². The highest BCUT2D eigenvalue weighted by Crippen LogP contribution is 2.12. The van der Waals surface area contributed by atoms with Crippen molar-refractivity contribution in [3.63, 3.8) is 0 Å². The molecule has 5 nitrogen and oxygen atoms in total. The average molecular weight is 312 g/mol. The van der Waals surface area contributed by atoms with E-state index in [9.17, 15) is 4.79 Å². The number of benzene rings is 2. The Kier molecular flexibility index (Phi) is 6.17. The maximum atomic E-state index is 10.8. The third-order valence-corrected chi connectivity index (χ3v) is 3.19. The maximum absolute atomic E-state index is 10.8. The molecule has 0 atom stereocenters. The summed E-state index contributed by atoms with van der Waals surface area (Å²) in [6.07, 6.45) is 3.86. The van der Waals surface area contributed by atoms with Gasteiger partial charge in [0.1, 0.15) is 5.75 Å². The van der Waals surface area contributed by atoms with Crippen LogP contribution in [0.25, 0.3) is 0 Å². The molecule has 0 fully saturated rings. The number of nitrogens with zero attached hydrogens (tertiary/aromatic N) is 1. The molecule has 2 aromatic carbocycles. The second kappa shape index (κ2) is 8.58. The van der Waals surface area contributed by atoms with E-state index in [-0.39, 0.29) is 5.56 Å². The number of carboxylic acid groups (broad SMARTS) is 1. The minimum Gasteiger partial charge on any atom is -0.494 e. The highest BCUT2D eigenvalue weighted by Gasteiger charge is 2.00. The minimum atomic E-state index is -0.943. The lowest BCUT2D eigenvalue weighted by molar-refractivity contribution is 0.0697. The molecule has 2 N–H and O–H groups in total. The Morgan fingerprint density at radius 2 is 1.87 bits per heavy atom. The molecular weight excluding hydrogens is 292 g/mol. The zero-order valence-corrected chi connectivity index (χ0v) is 13.0. The first-order valence-electron chi connectivity index (χ1n) is 7.54. The van der Waals surface area contributed by atoms with Gasteiger partial charge in [-0.1, -0.05) is 13.3 Å². The molecule has 0 amide bonds. The molecule has 0 saturated heterocycles. The smallest absolute Gasteiger partial charge is 0.335 e. The van der Waals surface area contributed by atoms with E-state index in [4.69, 9.17) is 9.84 Å². The Morgan fingerprint density at radius 3 is 2.48 bits per heavy atom. The van der Waals surface area contributed by atoms with Gasteiger partial charge < -0.3 is 9.84 Å². The first-order valence-corrected chi connectivity index (χ1v) is 7.54. The first kappa shape index (κ1) is 16.5. The number of hydrazone groups is 1. The largest absolute Gasteiger partial charge is 0.494 e. The van der Waals surface area contributed by atoms with Gasteiger partial charge in [-0.25, -0.2) is 4.79 Å². The molecule has 23 heavy (non-hydrogen) atoms. The fourth-order valence-corrected chi connectivity index (χ4v) is 1.85. The van der Waals surface area contributed by atoms with Crippen LogP contribution in [-0.4, -0.2) is 23.9 Å². The van der Waals surface area contributed by atoms with Crippen LogP contribution in [0.5, 0.6) is 5.75 Å². The summed E-state index contributed by atoms with van der Waals surface area (Å²) >= 11 is 0. The lowest BCUT2D eigenvalue weighted by atomic mass is 10.2. The van der Waals surface area contributed by atoms with Crippen LogP contribution in [0.2, 0.25) is 0 Å². The Bertz CT molecular complexity index is 649. The quantitative estimate of drug-likeness (QED) is 0.439. The number of aromatic carboxylic acids is 1. The normalized spacial score (nSPS) is 10.7. The average Bonchev–Trinajstić information content (AvgIpc) is 2.57. The van der Waals surface area contributed by atoms with Crippen LogP contribution in [0.4, 0.5) is 5.69 Å². The zero-order chi connectivity index (χ0) is 16.5. The molecule has 0 saturated carbocycles. The number of unbranched alkanes of at least 4 members (excludes halogenated alkanes) is 1. The van der Waals surface area contributed by atoms with E-state index in [1.165, 1.54) is 12.1 Å². The third kappa shape index (κ3) is 5.47. The number of hydrogen-bond donors (Lipinski definition) is 2. The van der Waals surface area contributed by atoms with Crippen molar-refractivity contribution in [2.45, 2.75) is 19.8 Å². The van der Waals surface area contributed by atoms with Gasteiger partial charge in [-0.05, 0) is 60.5 Å². The first-order chi connectivity index (χ1) is 11.2. The van der Waals surface area contributed by atoms with E-state index in [0.29, 0.717) is 0 Å². The number of nitrogens with one attached hydrogen (secondary N) is 1. The van der Waals surface area contributed by atoms with Gasteiger partial charge in [0, 0.05) is 0 Å². The van der Waals surface area contributed by atoms with Gasteiger partial charge in [0.15, 0.2) is 0 Å². The Hall–Kier alpha value is -2.82. The molecule has 5 heteroatoms. The van der Waals surface area contributed by atoms with Gasteiger partial charge in [-0.3, -0.25) is 5.43 Å². The number of rotatable bonds is 8. The lowest BCUT2D eigenvalue weighted by Gasteiger charge is -2.05. The molecular formula is C18H20N2O3. The second-order valence-corrected chi connectivity index (χ2v) is 5.02. The number of anilines is 1. The molecule has 2 aromatic rings. The Labute approximate surface area is 135 Å². The second-order valence-electron chi connectivity index (χ2n) is 5.02. The SMILES string of the molecule is CCCCOc1ccc(/C=N/Nc2ccc(C(=O)O)cc2)cc1. The highest BCUT2D eigenvalue weighted by atomic mass is 16.5. The van der Waals surface area contributed by atoms with Gasteiger partial charge in [-0.2, -0.15) is 5.10 Å². The number of hydrogen-bond acceptors (Lipinski definition) is 4. The predicted octanol–water partition coefficient (Wildman–Crippen LogP) is 4.01. The molecule has 0 heterocycles. The van der Waals surface area contributed by atoms with E-state index in [0.717, 1.165) is 36.4 Å². The molecule has 0 radical (unpaired) electrons. The molecule has 0 unspecified atom stereocenters. The molecule has 0 bridgehead atoms. The van der Waals surface area contributed by atoms with Crippen LogP contribution in [0, 0.1) is 0 Å². The van der Waals surface area contributed by atoms with E-state index in [2.05, 4.69) is 17.5 Å². The summed E-state index contributed by atoms with van der Waals surface area (Å²) in [5.41, 5.74) is 4.78. The summed E-state index contributed by atoms with van der Waals surface area (Å²) in [5, 5.41) is 13.0. The topological polar surface area (TPSA) is 70.9 Å². The van der Waals surface area contributed by atoms with Crippen molar-refractivity contribution in [2.75, 3.05) is 12.0 Å². The van der Waals surface area contributed by atoms with Crippen molar-refractivity contribution in [1.82, 2.24) is 0 Å². The molecule has 0 aliphatic rings. The van der Waals surface area contributed by atoms with Crippen LogP contribution in [0.1, 0.15) is 35.7 Å². The molecule has 120 valence electrons. The summed E-state index contributed by atoms with van der Waals surface area (Å²) in [6, 6.07) is 14.1. The standard InChI is InChI=1S/C18H20N2O3/c1-2-3-12-23-17-10-4-14(5-11-17)13-19-20-16-8-6-15(7-9-16)18(21)22/h4-11,13,20H,2-3,12H2,1H3,(H,21,22)/b19-13+. The van der Waals surface area contributed by atoms with E-state index >= 15 is 0 Å². The van der Waals surface area contributed by atoms with Crippen LogP contribution < -0.4 is 10.2 Å². The Morgan fingerprint density at radius 1 is 1.17 bits per heavy atom. The van der Waals surface area contributed by atoms with E-state index in [1.54, 1.807) is 18.3 Å². The van der Waals surface area contributed by atoms with Gasteiger partial charge >= 0.3 is 5.97 Å². The van der Waals surface area contributed by atoms with Crippen molar-refractivity contribution in [1.29, 1.82) is 0 Å². The van der Waals surface area contributed by atoms with Crippen LogP contribution >= 0.6 is 0 Å². The molecule has 0 spiro atoms. The number of carboxylic acids is 1. The number of carbonyl (C=O) groups is 1. The summed E-state index contributed by atoms with van der Waals surface area (Å²) in [6.45, 7) is 2.86. The van der Waals surface area contributed by atoms with Crippen molar-refractivity contribution in [2.24, 2.45) is 5.10 Å². The van der Waals surface area contributed by atoms with Crippen LogP contribution in [0.3, 0.4) is 0 Å². The van der Waals surface area contributed by atoms with Crippen molar-refractivity contribution in [3.8, 4) is 5.75 Å².